The van der Waals surface area contributed by atoms with E-state index >= 15 is 0 Å². The molecule has 0 aliphatic rings. The molecule has 3 nitrogen and oxygen atoms in total. The number of aryl methyl sites for hydroxylation is 1. The van der Waals surface area contributed by atoms with Gasteiger partial charge in [0.1, 0.15) is 16.0 Å². The van der Waals surface area contributed by atoms with Gasteiger partial charge in [-0.2, -0.15) is 0 Å². The lowest BCUT2D eigenvalue weighted by Gasteiger charge is -2.13. The average molecular weight is 370 g/mol. The number of hydrogen-bond donors (Lipinski definition) is 0. The first-order chi connectivity index (χ1) is 9.99. The molecule has 0 radical (unpaired) electrons. The van der Waals surface area contributed by atoms with Crippen LogP contribution in [0.5, 0.6) is 11.5 Å². The molecule has 0 fully saturated rings. The molecule has 2 rings (SSSR count). The van der Waals surface area contributed by atoms with Gasteiger partial charge in [-0.25, -0.2) is 0 Å². The Morgan fingerprint density at radius 3 is 2.43 bits per heavy atom. The van der Waals surface area contributed by atoms with Crippen molar-refractivity contribution in [3.8, 4) is 11.5 Å². The van der Waals surface area contributed by atoms with Gasteiger partial charge in [0.15, 0.2) is 5.78 Å². The predicted octanol–water partition coefficient (Wildman–Crippen LogP) is 4.66. The number of carbonyl (C=O) groups is 1. The Bertz CT molecular complexity index is 698. The van der Waals surface area contributed by atoms with E-state index in [0.29, 0.717) is 32.1 Å². The van der Waals surface area contributed by atoms with Crippen molar-refractivity contribution >= 4 is 33.3 Å². The number of hydrogen-bond acceptors (Lipinski definition) is 3. The molecule has 2 aromatic carbocycles. The predicted molar refractivity (Wildman–Crippen MR) is 86.9 cm³/mol. The Kier molecular flexibility index (Phi) is 4.91. The van der Waals surface area contributed by atoms with Gasteiger partial charge in [0, 0.05) is 10.6 Å². The van der Waals surface area contributed by atoms with E-state index < -0.39 is 0 Å². The van der Waals surface area contributed by atoms with Gasteiger partial charge in [-0.15, -0.1) is 0 Å². The van der Waals surface area contributed by atoms with Crippen molar-refractivity contribution < 1.29 is 14.3 Å². The van der Waals surface area contributed by atoms with Crippen LogP contribution in [0.3, 0.4) is 0 Å². The van der Waals surface area contributed by atoms with E-state index in [1.54, 1.807) is 37.4 Å². The number of rotatable bonds is 4. The molecule has 0 N–H and O–H groups in total. The molecule has 0 bridgehead atoms. The third kappa shape index (κ3) is 3.06. The van der Waals surface area contributed by atoms with Crippen molar-refractivity contribution in [1.82, 2.24) is 0 Å². The zero-order valence-corrected chi connectivity index (χ0v) is 14.2. The lowest BCUT2D eigenvalue weighted by atomic mass is 10.0. The normalized spacial score (nSPS) is 10.3. The zero-order valence-electron chi connectivity index (χ0n) is 11.9. The standard InChI is InChI=1S/C16H14BrClO3/c1-9-8-10(4-6-12(9)18)15(19)11-5-7-13(20-2)14(17)16(11)21-3/h4-8H,1-3H3. The molecule has 0 aromatic heterocycles. The molecule has 0 saturated heterocycles. The van der Waals surface area contributed by atoms with Crippen molar-refractivity contribution in [1.29, 1.82) is 0 Å². The van der Waals surface area contributed by atoms with Crippen LogP contribution in [0.25, 0.3) is 0 Å². The monoisotopic (exact) mass is 368 g/mol. The SMILES string of the molecule is COc1ccc(C(=O)c2ccc(Cl)c(C)c2)c(OC)c1Br. The number of halogens is 2. The second-order valence-corrected chi connectivity index (χ2v) is 5.66. The summed E-state index contributed by atoms with van der Waals surface area (Å²) in [6.45, 7) is 1.86. The molecule has 0 amide bonds. The summed E-state index contributed by atoms with van der Waals surface area (Å²) >= 11 is 9.39. The van der Waals surface area contributed by atoms with Gasteiger partial charge in [-0.3, -0.25) is 4.79 Å². The largest absolute Gasteiger partial charge is 0.495 e. The first-order valence-electron chi connectivity index (χ1n) is 6.21. The number of carbonyl (C=O) groups excluding carboxylic acids is 1. The van der Waals surface area contributed by atoms with Gasteiger partial charge in [0.25, 0.3) is 0 Å². The van der Waals surface area contributed by atoms with E-state index in [1.165, 1.54) is 7.11 Å². The molecular formula is C16H14BrClO3. The first kappa shape index (κ1) is 15.9. The molecule has 0 unspecified atom stereocenters. The minimum atomic E-state index is -0.130. The van der Waals surface area contributed by atoms with E-state index in [2.05, 4.69) is 15.9 Å². The topological polar surface area (TPSA) is 35.5 Å². The molecule has 0 atom stereocenters. The van der Waals surface area contributed by atoms with Crippen LogP contribution in [0, 0.1) is 6.92 Å². The van der Waals surface area contributed by atoms with Crippen molar-refractivity contribution in [2.24, 2.45) is 0 Å². The Labute approximate surface area is 137 Å². The van der Waals surface area contributed by atoms with Crippen LogP contribution in [-0.2, 0) is 0 Å². The van der Waals surface area contributed by atoms with Crippen molar-refractivity contribution in [2.75, 3.05) is 14.2 Å². The second-order valence-electron chi connectivity index (χ2n) is 4.46. The quantitative estimate of drug-likeness (QED) is 0.735. The minimum absolute atomic E-state index is 0.130. The van der Waals surface area contributed by atoms with E-state index in [9.17, 15) is 4.79 Å². The minimum Gasteiger partial charge on any atom is -0.495 e. The summed E-state index contributed by atoms with van der Waals surface area (Å²) < 4.78 is 11.2. The maximum absolute atomic E-state index is 12.7. The van der Waals surface area contributed by atoms with Crippen molar-refractivity contribution in [3.05, 3.63) is 56.5 Å². The molecule has 0 heterocycles. The number of ether oxygens (including phenoxy) is 2. The molecule has 0 saturated carbocycles. The molecule has 110 valence electrons. The highest BCUT2D eigenvalue weighted by atomic mass is 79.9. The van der Waals surface area contributed by atoms with Gasteiger partial charge < -0.3 is 9.47 Å². The smallest absolute Gasteiger partial charge is 0.196 e. The molecule has 2 aromatic rings. The molecule has 21 heavy (non-hydrogen) atoms. The summed E-state index contributed by atoms with van der Waals surface area (Å²) in [5, 5.41) is 0.634. The highest BCUT2D eigenvalue weighted by molar-refractivity contribution is 9.10. The highest BCUT2D eigenvalue weighted by Gasteiger charge is 2.19. The maximum atomic E-state index is 12.7. The van der Waals surface area contributed by atoms with E-state index in [-0.39, 0.29) is 5.78 Å². The Morgan fingerprint density at radius 1 is 1.14 bits per heavy atom. The number of benzene rings is 2. The van der Waals surface area contributed by atoms with Crippen molar-refractivity contribution in [3.63, 3.8) is 0 Å². The van der Waals surface area contributed by atoms with Crippen molar-refractivity contribution in [2.45, 2.75) is 6.92 Å². The Morgan fingerprint density at radius 2 is 1.86 bits per heavy atom. The van der Waals surface area contributed by atoms with E-state index in [0.717, 1.165) is 5.56 Å². The lowest BCUT2D eigenvalue weighted by molar-refractivity contribution is 0.103. The van der Waals surface area contributed by atoms with Gasteiger partial charge in [0.2, 0.25) is 0 Å². The van der Waals surface area contributed by atoms with Gasteiger partial charge in [-0.1, -0.05) is 11.6 Å². The zero-order chi connectivity index (χ0) is 15.6. The average Bonchev–Trinajstić information content (AvgIpc) is 2.49. The maximum Gasteiger partial charge on any atom is 0.196 e. The van der Waals surface area contributed by atoms with E-state index in [4.69, 9.17) is 21.1 Å². The second kappa shape index (κ2) is 6.50. The van der Waals surface area contributed by atoms with Crippen LogP contribution in [-0.4, -0.2) is 20.0 Å². The fourth-order valence-corrected chi connectivity index (χ4v) is 2.80. The number of methoxy groups -OCH3 is 2. The third-order valence-corrected chi connectivity index (χ3v) is 4.33. The molecule has 5 heteroatoms. The van der Waals surface area contributed by atoms with Crippen LogP contribution in [0.2, 0.25) is 5.02 Å². The molecule has 0 spiro atoms. The van der Waals surface area contributed by atoms with Crippen LogP contribution in [0.15, 0.2) is 34.8 Å². The summed E-state index contributed by atoms with van der Waals surface area (Å²) in [5.74, 6) is 0.928. The van der Waals surface area contributed by atoms with Gasteiger partial charge in [-0.05, 0) is 58.7 Å². The van der Waals surface area contributed by atoms with Crippen LogP contribution >= 0.6 is 27.5 Å². The molecule has 0 aliphatic carbocycles. The Balaban J connectivity index is 2.52. The van der Waals surface area contributed by atoms with Crippen LogP contribution in [0.1, 0.15) is 21.5 Å². The van der Waals surface area contributed by atoms with Crippen LogP contribution in [0.4, 0.5) is 0 Å². The van der Waals surface area contributed by atoms with Gasteiger partial charge >= 0.3 is 0 Å². The highest BCUT2D eigenvalue weighted by Crippen LogP contribution is 2.38. The summed E-state index contributed by atoms with van der Waals surface area (Å²) in [6.07, 6.45) is 0. The first-order valence-corrected chi connectivity index (χ1v) is 7.38. The third-order valence-electron chi connectivity index (χ3n) is 3.15. The molecular weight excluding hydrogens is 356 g/mol. The summed E-state index contributed by atoms with van der Waals surface area (Å²) in [7, 11) is 3.08. The number of ketones is 1. The summed E-state index contributed by atoms with van der Waals surface area (Å²) in [6, 6.07) is 8.60. The molecule has 0 aliphatic heterocycles. The summed E-state index contributed by atoms with van der Waals surface area (Å²) in [5.41, 5.74) is 1.88. The lowest BCUT2D eigenvalue weighted by Crippen LogP contribution is -2.05. The fourth-order valence-electron chi connectivity index (χ4n) is 2.02. The van der Waals surface area contributed by atoms with E-state index in [1.807, 2.05) is 6.92 Å². The summed E-state index contributed by atoms with van der Waals surface area (Å²) in [4.78, 5) is 12.7. The van der Waals surface area contributed by atoms with Crippen LogP contribution < -0.4 is 9.47 Å². The Hall–Kier alpha value is -1.52. The van der Waals surface area contributed by atoms with Gasteiger partial charge in [0.05, 0.1) is 19.8 Å². The fraction of sp³-hybridized carbons (Fsp3) is 0.188.